The molecule has 0 amide bonds. The highest BCUT2D eigenvalue weighted by atomic mass is 16.3. The second-order valence-electron chi connectivity index (χ2n) is 7.13. The fourth-order valence-electron chi connectivity index (χ4n) is 3.65. The van der Waals surface area contributed by atoms with Gasteiger partial charge in [-0.25, -0.2) is 19.6 Å². The Balaban J connectivity index is 1.46. The van der Waals surface area contributed by atoms with E-state index in [1.807, 2.05) is 10.7 Å². The van der Waals surface area contributed by atoms with Gasteiger partial charge in [0, 0.05) is 38.3 Å². The van der Waals surface area contributed by atoms with Crippen molar-refractivity contribution >= 4 is 11.6 Å². The van der Waals surface area contributed by atoms with Crippen LogP contribution in [0.15, 0.2) is 25.0 Å². The van der Waals surface area contributed by atoms with Crippen LogP contribution >= 0.6 is 0 Å². The molecule has 0 bridgehead atoms. The van der Waals surface area contributed by atoms with E-state index in [1.165, 1.54) is 0 Å². The minimum absolute atomic E-state index is 0.270. The molecule has 0 aromatic carbocycles. The highest BCUT2D eigenvalue weighted by Crippen LogP contribution is 2.30. The summed E-state index contributed by atoms with van der Waals surface area (Å²) in [7, 11) is 4.11. The van der Waals surface area contributed by atoms with Gasteiger partial charge in [0.1, 0.15) is 30.6 Å². The predicted octanol–water partition coefficient (Wildman–Crippen LogP) is -0.369. The summed E-state index contributed by atoms with van der Waals surface area (Å²) in [5.41, 5.74) is 0. The molecule has 134 valence electrons. The molecule has 9 heteroatoms. The van der Waals surface area contributed by atoms with Crippen LogP contribution in [0.1, 0.15) is 12.5 Å². The molecule has 0 spiro atoms. The Labute approximate surface area is 146 Å². The number of nitrogens with zero attached hydrogens (tertiary/aromatic N) is 8. The van der Waals surface area contributed by atoms with Gasteiger partial charge in [0.05, 0.1) is 12.1 Å². The van der Waals surface area contributed by atoms with Crippen LogP contribution in [-0.2, 0) is 0 Å². The normalized spacial score (nSPS) is 24.2. The summed E-state index contributed by atoms with van der Waals surface area (Å²) >= 11 is 0. The number of likely N-dealkylation sites (N-methyl/N-ethyl adjacent to an activating group) is 1. The number of anilines is 2. The van der Waals surface area contributed by atoms with Gasteiger partial charge in [-0.15, -0.1) is 0 Å². The summed E-state index contributed by atoms with van der Waals surface area (Å²) in [6.07, 6.45) is 5.41. The van der Waals surface area contributed by atoms with E-state index in [1.54, 1.807) is 19.0 Å². The molecule has 2 aromatic heterocycles. The monoisotopic (exact) mass is 344 g/mol. The van der Waals surface area contributed by atoms with Crippen molar-refractivity contribution in [3.05, 3.63) is 25.0 Å². The second-order valence-corrected chi connectivity index (χ2v) is 7.13. The topological polar surface area (TPSA) is 86.4 Å². The highest BCUT2D eigenvalue weighted by molar-refractivity contribution is 5.53. The van der Waals surface area contributed by atoms with Crippen LogP contribution in [0.4, 0.5) is 11.6 Å². The Hall–Kier alpha value is -2.26. The first kappa shape index (κ1) is 16.2. The molecule has 25 heavy (non-hydrogen) atoms. The third kappa shape index (κ3) is 3.29. The van der Waals surface area contributed by atoms with Crippen LogP contribution in [0.2, 0.25) is 0 Å². The first-order valence-corrected chi connectivity index (χ1v) is 8.60. The molecule has 0 radical (unpaired) electrons. The number of aliphatic hydroxyl groups excluding tert-OH is 1. The van der Waals surface area contributed by atoms with E-state index in [-0.39, 0.29) is 12.1 Å². The Morgan fingerprint density at radius 1 is 1.16 bits per heavy atom. The molecule has 1 N–H and O–H groups in total. The quantitative estimate of drug-likeness (QED) is 0.786. The summed E-state index contributed by atoms with van der Waals surface area (Å²) in [6.45, 7) is 3.25. The van der Waals surface area contributed by atoms with Crippen LogP contribution in [0.3, 0.4) is 0 Å². The molecule has 2 fully saturated rings. The molecule has 4 heterocycles. The third-order valence-corrected chi connectivity index (χ3v) is 4.90. The van der Waals surface area contributed by atoms with Gasteiger partial charge in [0.25, 0.3) is 0 Å². The summed E-state index contributed by atoms with van der Waals surface area (Å²) < 4.78 is 1.89. The largest absolute Gasteiger partial charge is 0.391 e. The van der Waals surface area contributed by atoms with Crippen molar-refractivity contribution in [1.29, 1.82) is 0 Å². The molecule has 0 saturated carbocycles. The zero-order chi connectivity index (χ0) is 17.4. The van der Waals surface area contributed by atoms with E-state index in [0.29, 0.717) is 12.6 Å². The minimum Gasteiger partial charge on any atom is -0.391 e. The minimum atomic E-state index is -0.302. The Morgan fingerprint density at radius 2 is 1.96 bits per heavy atom. The maximum Gasteiger partial charge on any atom is 0.137 e. The van der Waals surface area contributed by atoms with E-state index in [2.05, 4.69) is 48.8 Å². The maximum atomic E-state index is 10.1. The van der Waals surface area contributed by atoms with Gasteiger partial charge in [-0.05, 0) is 20.5 Å². The van der Waals surface area contributed by atoms with Gasteiger partial charge in [0.2, 0.25) is 0 Å². The fourth-order valence-corrected chi connectivity index (χ4v) is 3.65. The van der Waals surface area contributed by atoms with Crippen LogP contribution < -0.4 is 9.80 Å². The summed E-state index contributed by atoms with van der Waals surface area (Å²) in [5, 5.41) is 14.3. The standard InChI is InChI=1S/C16H24N8O/c1-21(2)5-12-3-14(25)8-23(12)16-4-15(18-10-19-16)22-6-13(7-22)24-11-17-9-20-24/h4,9-14,25H,3,5-8H2,1-2H3/t12-,14-/m1/s1. The molecule has 4 rings (SSSR count). The number of β-amino-alcohol motifs (C(OH)–C–C–N with tert-alkyl or cyclic N) is 1. The maximum absolute atomic E-state index is 10.1. The smallest absolute Gasteiger partial charge is 0.137 e. The lowest BCUT2D eigenvalue weighted by Gasteiger charge is -2.40. The lowest BCUT2D eigenvalue weighted by atomic mass is 10.1. The van der Waals surface area contributed by atoms with Gasteiger partial charge >= 0.3 is 0 Å². The molecule has 2 aliphatic heterocycles. The zero-order valence-corrected chi connectivity index (χ0v) is 14.6. The van der Waals surface area contributed by atoms with Gasteiger partial charge in [-0.2, -0.15) is 5.10 Å². The van der Waals surface area contributed by atoms with Gasteiger partial charge in [0.15, 0.2) is 0 Å². The number of hydrogen-bond acceptors (Lipinski definition) is 8. The Bertz CT molecular complexity index is 700. The van der Waals surface area contributed by atoms with Crippen molar-refractivity contribution in [2.24, 2.45) is 0 Å². The van der Waals surface area contributed by atoms with Crippen molar-refractivity contribution in [3.8, 4) is 0 Å². The molecule has 0 aliphatic carbocycles. The van der Waals surface area contributed by atoms with Crippen molar-refractivity contribution in [1.82, 2.24) is 29.6 Å². The van der Waals surface area contributed by atoms with Crippen molar-refractivity contribution in [2.45, 2.75) is 24.6 Å². The number of aromatic nitrogens is 5. The molecular weight excluding hydrogens is 320 g/mol. The second kappa shape index (κ2) is 6.57. The average Bonchev–Trinajstić information content (AvgIpc) is 3.16. The van der Waals surface area contributed by atoms with Crippen LogP contribution in [0.5, 0.6) is 0 Å². The molecule has 2 atom stereocenters. The van der Waals surface area contributed by atoms with E-state index >= 15 is 0 Å². The molecule has 2 aromatic rings. The zero-order valence-electron chi connectivity index (χ0n) is 14.6. The summed E-state index contributed by atoms with van der Waals surface area (Å²) in [6, 6.07) is 2.64. The van der Waals surface area contributed by atoms with Gasteiger partial charge in [-0.1, -0.05) is 0 Å². The lowest BCUT2D eigenvalue weighted by molar-refractivity contribution is 0.191. The molecular formula is C16H24N8O. The third-order valence-electron chi connectivity index (χ3n) is 4.90. The SMILES string of the molecule is CN(C)C[C@H]1C[C@@H](O)CN1c1cc(N2CC(n3cncn3)C2)ncn1. The molecule has 2 saturated heterocycles. The van der Waals surface area contributed by atoms with Crippen LogP contribution in [-0.4, -0.2) is 87.2 Å². The van der Waals surface area contributed by atoms with E-state index in [4.69, 9.17) is 0 Å². The van der Waals surface area contributed by atoms with E-state index in [9.17, 15) is 5.11 Å². The van der Waals surface area contributed by atoms with Crippen molar-refractivity contribution < 1.29 is 5.11 Å². The number of aliphatic hydroxyl groups is 1. The van der Waals surface area contributed by atoms with E-state index < -0.39 is 0 Å². The predicted molar refractivity (Wildman–Crippen MR) is 93.6 cm³/mol. The lowest BCUT2D eigenvalue weighted by Crippen LogP contribution is -2.48. The summed E-state index contributed by atoms with van der Waals surface area (Å²) in [4.78, 5) is 19.4. The first-order chi connectivity index (χ1) is 12.1. The number of hydrogen-bond donors (Lipinski definition) is 1. The fraction of sp³-hybridized carbons (Fsp3) is 0.625. The molecule has 0 unspecified atom stereocenters. The van der Waals surface area contributed by atoms with E-state index in [0.717, 1.165) is 37.7 Å². The molecule has 2 aliphatic rings. The van der Waals surface area contributed by atoms with Gasteiger partial charge in [-0.3, -0.25) is 0 Å². The Kier molecular flexibility index (Phi) is 4.26. The average molecular weight is 344 g/mol. The molecule has 9 nitrogen and oxygen atoms in total. The van der Waals surface area contributed by atoms with Gasteiger partial charge < -0.3 is 19.8 Å². The first-order valence-electron chi connectivity index (χ1n) is 8.60. The van der Waals surface area contributed by atoms with Crippen molar-refractivity contribution in [3.63, 3.8) is 0 Å². The number of rotatable bonds is 5. The summed E-state index contributed by atoms with van der Waals surface area (Å²) in [5.74, 6) is 1.81. The van der Waals surface area contributed by atoms with Crippen LogP contribution in [0, 0.1) is 0 Å². The van der Waals surface area contributed by atoms with Crippen molar-refractivity contribution in [2.75, 3.05) is 50.1 Å². The van der Waals surface area contributed by atoms with Crippen LogP contribution in [0.25, 0.3) is 0 Å². The Morgan fingerprint density at radius 3 is 2.68 bits per heavy atom. The highest BCUT2D eigenvalue weighted by Gasteiger charge is 2.34.